The predicted molar refractivity (Wildman–Crippen MR) is 65.6 cm³/mol. The Morgan fingerprint density at radius 3 is 2.71 bits per heavy atom. The summed E-state index contributed by atoms with van der Waals surface area (Å²) in [5.74, 6) is -0.623. The molecule has 96 valence electrons. The topological polar surface area (TPSA) is 58.2 Å². The van der Waals surface area contributed by atoms with E-state index in [-0.39, 0.29) is 5.75 Å². The summed E-state index contributed by atoms with van der Waals surface area (Å²) in [5, 5.41) is 3.01. The van der Waals surface area contributed by atoms with Gasteiger partial charge in [-0.25, -0.2) is 17.5 Å². The number of halogens is 1. The van der Waals surface area contributed by atoms with Crippen LogP contribution in [-0.2, 0) is 15.8 Å². The van der Waals surface area contributed by atoms with Gasteiger partial charge in [0.15, 0.2) is 0 Å². The Bertz CT molecular complexity index is 449. The number of rotatable bonds is 7. The van der Waals surface area contributed by atoms with Crippen LogP contribution in [0.1, 0.15) is 12.5 Å². The lowest BCUT2D eigenvalue weighted by molar-refractivity contribution is 0.576. The van der Waals surface area contributed by atoms with E-state index in [1.807, 2.05) is 6.92 Å². The summed E-state index contributed by atoms with van der Waals surface area (Å²) in [4.78, 5) is 0. The Morgan fingerprint density at radius 1 is 1.29 bits per heavy atom. The molecule has 0 aliphatic carbocycles. The van der Waals surface area contributed by atoms with Gasteiger partial charge in [0.05, 0.1) is 5.75 Å². The van der Waals surface area contributed by atoms with Crippen LogP contribution >= 0.6 is 0 Å². The first-order valence-electron chi connectivity index (χ1n) is 5.46. The van der Waals surface area contributed by atoms with Gasteiger partial charge in [-0.05, 0) is 24.2 Å². The predicted octanol–water partition coefficient (Wildman–Crippen LogP) is 0.855. The van der Waals surface area contributed by atoms with Crippen LogP contribution in [0.5, 0.6) is 0 Å². The lowest BCUT2D eigenvalue weighted by atomic mass is 10.2. The molecule has 0 radical (unpaired) electrons. The third-order valence-electron chi connectivity index (χ3n) is 2.12. The van der Waals surface area contributed by atoms with Crippen molar-refractivity contribution in [3.05, 3.63) is 35.6 Å². The number of hydrogen-bond acceptors (Lipinski definition) is 3. The number of hydrogen-bond donors (Lipinski definition) is 2. The normalized spacial score (nSPS) is 11.6. The lowest BCUT2D eigenvalue weighted by Gasteiger charge is -2.07. The van der Waals surface area contributed by atoms with Crippen molar-refractivity contribution in [3.8, 4) is 0 Å². The summed E-state index contributed by atoms with van der Waals surface area (Å²) in [6.07, 6.45) is 0. The van der Waals surface area contributed by atoms with Gasteiger partial charge in [0.25, 0.3) is 0 Å². The molecule has 0 aliphatic heterocycles. The highest BCUT2D eigenvalue weighted by Crippen LogP contribution is 2.06. The van der Waals surface area contributed by atoms with Crippen molar-refractivity contribution in [3.63, 3.8) is 0 Å². The molecule has 0 fully saturated rings. The average Bonchev–Trinajstić information content (AvgIpc) is 2.24. The van der Waals surface area contributed by atoms with Gasteiger partial charge in [-0.1, -0.05) is 19.1 Å². The molecule has 1 aromatic rings. The smallest absolute Gasteiger partial charge is 0.215 e. The van der Waals surface area contributed by atoms with Crippen LogP contribution in [-0.4, -0.2) is 28.1 Å². The Balaban J connectivity index is 2.49. The molecule has 0 spiro atoms. The largest absolute Gasteiger partial charge is 0.316 e. The van der Waals surface area contributed by atoms with E-state index in [1.54, 1.807) is 6.07 Å². The fourth-order valence-electron chi connectivity index (χ4n) is 1.37. The molecule has 0 atom stereocenters. The molecule has 1 aromatic carbocycles. The second-order valence-electron chi connectivity index (χ2n) is 3.64. The van der Waals surface area contributed by atoms with Gasteiger partial charge in [-0.3, -0.25) is 0 Å². The minimum atomic E-state index is -3.39. The van der Waals surface area contributed by atoms with Crippen LogP contribution in [0, 0.1) is 5.82 Å². The maximum Gasteiger partial charge on any atom is 0.215 e. The number of sulfonamides is 1. The second kappa shape index (κ2) is 6.68. The summed E-state index contributed by atoms with van der Waals surface area (Å²) in [7, 11) is -3.39. The molecule has 6 heteroatoms. The van der Waals surface area contributed by atoms with Crippen molar-refractivity contribution in [1.29, 1.82) is 0 Å². The zero-order valence-electron chi connectivity index (χ0n) is 9.74. The van der Waals surface area contributed by atoms with Gasteiger partial charge in [0.2, 0.25) is 10.0 Å². The first-order chi connectivity index (χ1) is 8.03. The van der Waals surface area contributed by atoms with Crippen LogP contribution in [0.15, 0.2) is 24.3 Å². The van der Waals surface area contributed by atoms with Gasteiger partial charge in [0, 0.05) is 13.1 Å². The Hall–Kier alpha value is -0.980. The van der Waals surface area contributed by atoms with E-state index in [1.165, 1.54) is 18.2 Å². The molecule has 0 amide bonds. The lowest BCUT2D eigenvalue weighted by Crippen LogP contribution is -2.32. The molecule has 4 nitrogen and oxygen atoms in total. The van der Waals surface area contributed by atoms with Crippen LogP contribution in [0.25, 0.3) is 0 Å². The van der Waals surface area contributed by atoms with Crippen LogP contribution in [0.2, 0.25) is 0 Å². The summed E-state index contributed by atoms with van der Waals surface area (Å²) in [6.45, 7) is 3.66. The minimum absolute atomic E-state index is 0.198. The molecule has 0 heterocycles. The molecule has 0 saturated carbocycles. The van der Waals surface area contributed by atoms with Gasteiger partial charge >= 0.3 is 0 Å². The summed E-state index contributed by atoms with van der Waals surface area (Å²) in [5.41, 5.74) is 0.445. The van der Waals surface area contributed by atoms with E-state index in [0.29, 0.717) is 18.7 Å². The van der Waals surface area contributed by atoms with Crippen molar-refractivity contribution in [2.24, 2.45) is 0 Å². The Labute approximate surface area is 101 Å². The molecule has 0 aliphatic rings. The minimum Gasteiger partial charge on any atom is -0.316 e. The highest BCUT2D eigenvalue weighted by molar-refractivity contribution is 7.88. The summed E-state index contributed by atoms with van der Waals surface area (Å²) in [6, 6.07) is 5.60. The van der Waals surface area contributed by atoms with Crippen LogP contribution in [0.4, 0.5) is 4.39 Å². The molecular weight excluding hydrogens is 243 g/mol. The second-order valence-corrected chi connectivity index (χ2v) is 5.44. The maximum atomic E-state index is 12.9. The highest BCUT2D eigenvalue weighted by atomic mass is 32.2. The molecular formula is C11H17FN2O2S. The zero-order valence-corrected chi connectivity index (χ0v) is 10.6. The van der Waals surface area contributed by atoms with Gasteiger partial charge in [-0.2, -0.15) is 0 Å². The Kier molecular flexibility index (Phi) is 5.54. The van der Waals surface area contributed by atoms with Crippen molar-refractivity contribution in [2.45, 2.75) is 12.7 Å². The molecule has 0 saturated heterocycles. The highest BCUT2D eigenvalue weighted by Gasteiger charge is 2.10. The SMILES string of the molecule is CCNCCNS(=O)(=O)Cc1cccc(F)c1. The van der Waals surface area contributed by atoms with Gasteiger partial charge in [-0.15, -0.1) is 0 Å². The van der Waals surface area contributed by atoms with E-state index in [2.05, 4.69) is 10.0 Å². The number of benzene rings is 1. The van der Waals surface area contributed by atoms with Gasteiger partial charge < -0.3 is 5.32 Å². The third-order valence-corrected chi connectivity index (χ3v) is 3.48. The van der Waals surface area contributed by atoms with Gasteiger partial charge in [0.1, 0.15) is 5.82 Å². The van der Waals surface area contributed by atoms with Crippen molar-refractivity contribution >= 4 is 10.0 Å². The first kappa shape index (κ1) is 14.1. The zero-order chi connectivity index (χ0) is 12.7. The van der Waals surface area contributed by atoms with E-state index in [9.17, 15) is 12.8 Å². The molecule has 17 heavy (non-hydrogen) atoms. The fraction of sp³-hybridized carbons (Fsp3) is 0.455. The monoisotopic (exact) mass is 260 g/mol. The van der Waals surface area contributed by atoms with Crippen molar-refractivity contribution < 1.29 is 12.8 Å². The third kappa shape index (κ3) is 5.76. The summed E-state index contributed by atoms with van der Waals surface area (Å²) < 4.78 is 38.5. The molecule has 1 rings (SSSR count). The molecule has 0 bridgehead atoms. The van der Waals surface area contributed by atoms with Crippen LogP contribution < -0.4 is 10.0 Å². The van der Waals surface area contributed by atoms with Crippen molar-refractivity contribution in [2.75, 3.05) is 19.6 Å². The van der Waals surface area contributed by atoms with Crippen LogP contribution in [0.3, 0.4) is 0 Å². The van der Waals surface area contributed by atoms with E-state index in [0.717, 1.165) is 6.54 Å². The fourth-order valence-corrected chi connectivity index (χ4v) is 2.50. The quantitative estimate of drug-likeness (QED) is 0.715. The molecule has 0 unspecified atom stereocenters. The number of likely N-dealkylation sites (N-methyl/N-ethyl adjacent to an activating group) is 1. The molecule has 2 N–H and O–H groups in total. The van der Waals surface area contributed by atoms with E-state index < -0.39 is 15.8 Å². The Morgan fingerprint density at radius 2 is 2.06 bits per heavy atom. The van der Waals surface area contributed by atoms with E-state index in [4.69, 9.17) is 0 Å². The average molecular weight is 260 g/mol. The standard InChI is InChI=1S/C11H17FN2O2S/c1-2-13-6-7-14-17(15,16)9-10-4-3-5-11(12)8-10/h3-5,8,13-14H,2,6-7,9H2,1H3. The summed E-state index contributed by atoms with van der Waals surface area (Å²) >= 11 is 0. The maximum absolute atomic E-state index is 12.9. The first-order valence-corrected chi connectivity index (χ1v) is 7.11. The van der Waals surface area contributed by atoms with E-state index >= 15 is 0 Å². The number of nitrogens with one attached hydrogen (secondary N) is 2. The van der Waals surface area contributed by atoms with Crippen molar-refractivity contribution in [1.82, 2.24) is 10.0 Å². The molecule has 0 aromatic heterocycles.